The molecule has 3 N–H and O–H groups in total. The van der Waals surface area contributed by atoms with Gasteiger partial charge in [-0.05, 0) is 33.7 Å². The minimum absolute atomic E-state index is 0.257. The number of nitrogens with zero attached hydrogens (tertiary/aromatic N) is 1. The minimum atomic E-state index is -0.804. The Hall–Kier alpha value is -1.30. The topological polar surface area (TPSA) is 81.7 Å². The quantitative estimate of drug-likeness (QED) is 0.652. The maximum absolute atomic E-state index is 11.9. The van der Waals surface area contributed by atoms with E-state index >= 15 is 0 Å². The molecule has 0 spiro atoms. The van der Waals surface area contributed by atoms with Crippen LogP contribution in [-0.2, 0) is 4.79 Å². The first-order valence-corrected chi connectivity index (χ1v) is 7.89. The Labute approximate surface area is 127 Å². The Morgan fingerprint density at radius 1 is 1.24 bits per heavy atom. The number of carboxylic acid groups (broad SMARTS) is 1. The van der Waals surface area contributed by atoms with Crippen molar-refractivity contribution >= 4 is 12.0 Å². The maximum atomic E-state index is 11.9. The molecule has 0 aliphatic heterocycles. The van der Waals surface area contributed by atoms with E-state index in [4.69, 9.17) is 0 Å². The first-order chi connectivity index (χ1) is 9.91. The molecule has 1 saturated carbocycles. The lowest BCUT2D eigenvalue weighted by Crippen LogP contribution is -2.48. The lowest BCUT2D eigenvalue weighted by Gasteiger charge is -2.24. The molecule has 1 aliphatic rings. The van der Waals surface area contributed by atoms with Crippen LogP contribution in [0, 0.1) is 5.92 Å². The lowest BCUT2D eigenvalue weighted by atomic mass is 9.95. The molecule has 0 saturated heterocycles. The standard InChI is InChI=1S/C15H29N3O3/c1-11(2)18(3)10-9-16-15(21)17-13-8-6-4-5-7-12(13)14(19)20/h11-13H,4-10H2,1-3H3,(H,19,20)(H2,16,17,21). The second-order valence-corrected chi connectivity index (χ2v) is 6.16. The molecule has 2 amide bonds. The van der Waals surface area contributed by atoms with E-state index in [0.29, 0.717) is 19.0 Å². The molecule has 0 aromatic rings. The number of carboxylic acids is 1. The SMILES string of the molecule is CC(C)N(C)CCNC(=O)NC1CCCCCC1C(=O)O. The third-order valence-electron chi connectivity index (χ3n) is 4.28. The first-order valence-electron chi connectivity index (χ1n) is 7.89. The second kappa shape index (κ2) is 8.87. The molecule has 122 valence electrons. The maximum Gasteiger partial charge on any atom is 0.315 e. The van der Waals surface area contributed by atoms with Crippen molar-refractivity contribution in [1.29, 1.82) is 0 Å². The van der Waals surface area contributed by atoms with Crippen LogP contribution in [0.1, 0.15) is 46.0 Å². The number of hydrogen-bond acceptors (Lipinski definition) is 3. The molecule has 0 aromatic carbocycles. The summed E-state index contributed by atoms with van der Waals surface area (Å²) >= 11 is 0. The molecule has 1 fully saturated rings. The smallest absolute Gasteiger partial charge is 0.315 e. The van der Waals surface area contributed by atoms with E-state index in [2.05, 4.69) is 29.4 Å². The van der Waals surface area contributed by atoms with Crippen LogP contribution in [0.5, 0.6) is 0 Å². The molecule has 0 aromatic heterocycles. The van der Waals surface area contributed by atoms with Gasteiger partial charge in [0.1, 0.15) is 0 Å². The third-order valence-corrected chi connectivity index (χ3v) is 4.28. The largest absolute Gasteiger partial charge is 0.481 e. The van der Waals surface area contributed by atoms with Crippen molar-refractivity contribution in [3.8, 4) is 0 Å². The Morgan fingerprint density at radius 3 is 2.52 bits per heavy atom. The molecule has 0 radical (unpaired) electrons. The first kappa shape index (κ1) is 17.8. The number of urea groups is 1. The summed E-state index contributed by atoms with van der Waals surface area (Å²) in [6, 6.07) is -0.0776. The molecule has 6 heteroatoms. The Balaban J connectivity index is 2.38. The van der Waals surface area contributed by atoms with Gasteiger partial charge < -0.3 is 20.6 Å². The second-order valence-electron chi connectivity index (χ2n) is 6.16. The van der Waals surface area contributed by atoms with Crippen molar-refractivity contribution in [3.05, 3.63) is 0 Å². The molecule has 6 nitrogen and oxygen atoms in total. The number of hydrogen-bond donors (Lipinski definition) is 3. The molecule has 0 bridgehead atoms. The van der Waals surface area contributed by atoms with Crippen molar-refractivity contribution in [3.63, 3.8) is 0 Å². The number of likely N-dealkylation sites (N-methyl/N-ethyl adjacent to an activating group) is 1. The number of rotatable bonds is 6. The van der Waals surface area contributed by atoms with Gasteiger partial charge in [0.2, 0.25) is 0 Å². The van der Waals surface area contributed by atoms with E-state index in [9.17, 15) is 14.7 Å². The summed E-state index contributed by atoms with van der Waals surface area (Å²) < 4.78 is 0. The van der Waals surface area contributed by atoms with Crippen LogP contribution in [-0.4, -0.2) is 54.2 Å². The van der Waals surface area contributed by atoms with Crippen LogP contribution in [0.4, 0.5) is 4.79 Å². The van der Waals surface area contributed by atoms with Gasteiger partial charge in [-0.25, -0.2) is 4.79 Å². The Bertz CT molecular complexity index is 347. The average molecular weight is 299 g/mol. The van der Waals surface area contributed by atoms with Gasteiger partial charge in [-0.2, -0.15) is 0 Å². The Kier molecular flexibility index (Phi) is 7.50. The van der Waals surface area contributed by atoms with Crippen molar-refractivity contribution in [2.24, 2.45) is 5.92 Å². The fraction of sp³-hybridized carbons (Fsp3) is 0.867. The van der Waals surface area contributed by atoms with E-state index < -0.39 is 11.9 Å². The summed E-state index contributed by atoms with van der Waals surface area (Å²) in [6.07, 6.45) is 4.34. The highest BCUT2D eigenvalue weighted by Crippen LogP contribution is 2.23. The zero-order chi connectivity index (χ0) is 15.8. The highest BCUT2D eigenvalue weighted by Gasteiger charge is 2.30. The molecule has 1 aliphatic carbocycles. The highest BCUT2D eigenvalue weighted by molar-refractivity contribution is 5.76. The molecule has 2 unspecified atom stereocenters. The molecular formula is C15H29N3O3. The van der Waals surface area contributed by atoms with Gasteiger partial charge in [-0.15, -0.1) is 0 Å². The van der Waals surface area contributed by atoms with Gasteiger partial charge in [0.15, 0.2) is 0 Å². The van der Waals surface area contributed by atoms with Gasteiger partial charge >= 0.3 is 12.0 Å². The summed E-state index contributed by atoms with van der Waals surface area (Å²) in [5.74, 6) is -1.27. The predicted octanol–water partition coefficient (Wildman–Crippen LogP) is 1.66. The molecular weight excluding hydrogens is 270 g/mol. The monoisotopic (exact) mass is 299 g/mol. The van der Waals surface area contributed by atoms with Crippen LogP contribution < -0.4 is 10.6 Å². The van der Waals surface area contributed by atoms with E-state index in [1.54, 1.807) is 0 Å². The summed E-state index contributed by atoms with van der Waals surface area (Å²) in [5, 5.41) is 14.9. The van der Waals surface area contributed by atoms with Crippen molar-refractivity contribution in [1.82, 2.24) is 15.5 Å². The van der Waals surface area contributed by atoms with Gasteiger partial charge in [-0.1, -0.05) is 19.3 Å². The summed E-state index contributed by atoms with van der Waals surface area (Å²) in [5.41, 5.74) is 0. The normalized spacial score (nSPS) is 22.9. The summed E-state index contributed by atoms with van der Waals surface area (Å²) in [7, 11) is 2.01. The van der Waals surface area contributed by atoms with Gasteiger partial charge in [-0.3, -0.25) is 4.79 Å². The minimum Gasteiger partial charge on any atom is -0.481 e. The third kappa shape index (κ3) is 6.33. The summed E-state index contributed by atoms with van der Waals surface area (Å²) in [6.45, 7) is 5.54. The fourth-order valence-corrected chi connectivity index (χ4v) is 2.60. The summed E-state index contributed by atoms with van der Waals surface area (Å²) in [4.78, 5) is 25.4. The van der Waals surface area contributed by atoms with E-state index in [1.165, 1.54) is 0 Å². The van der Waals surface area contributed by atoms with Crippen LogP contribution in [0.15, 0.2) is 0 Å². The zero-order valence-electron chi connectivity index (χ0n) is 13.4. The highest BCUT2D eigenvalue weighted by atomic mass is 16.4. The van der Waals surface area contributed by atoms with Crippen LogP contribution in [0.2, 0.25) is 0 Å². The number of carbonyl (C=O) groups is 2. The Morgan fingerprint density at radius 2 is 1.90 bits per heavy atom. The van der Waals surface area contributed by atoms with Crippen molar-refractivity contribution < 1.29 is 14.7 Å². The van der Waals surface area contributed by atoms with Crippen LogP contribution in [0.3, 0.4) is 0 Å². The van der Waals surface area contributed by atoms with E-state index in [0.717, 1.165) is 32.2 Å². The van der Waals surface area contributed by atoms with Crippen molar-refractivity contribution in [2.45, 2.75) is 58.0 Å². The number of carbonyl (C=O) groups excluding carboxylic acids is 1. The average Bonchev–Trinajstić information content (AvgIpc) is 2.63. The number of aliphatic carboxylic acids is 1. The molecule has 0 heterocycles. The number of amides is 2. The zero-order valence-corrected chi connectivity index (χ0v) is 13.4. The van der Waals surface area contributed by atoms with Crippen LogP contribution >= 0.6 is 0 Å². The van der Waals surface area contributed by atoms with E-state index in [1.807, 2.05) is 7.05 Å². The molecule has 21 heavy (non-hydrogen) atoms. The van der Waals surface area contributed by atoms with Gasteiger partial charge in [0.05, 0.1) is 5.92 Å². The predicted molar refractivity (Wildman–Crippen MR) is 82.3 cm³/mol. The van der Waals surface area contributed by atoms with E-state index in [-0.39, 0.29) is 12.1 Å². The van der Waals surface area contributed by atoms with Crippen molar-refractivity contribution in [2.75, 3.05) is 20.1 Å². The van der Waals surface area contributed by atoms with Crippen LogP contribution in [0.25, 0.3) is 0 Å². The molecule has 1 rings (SSSR count). The van der Waals surface area contributed by atoms with Gasteiger partial charge in [0.25, 0.3) is 0 Å². The fourth-order valence-electron chi connectivity index (χ4n) is 2.60. The van der Waals surface area contributed by atoms with Gasteiger partial charge in [0, 0.05) is 25.2 Å². The lowest BCUT2D eigenvalue weighted by molar-refractivity contribution is -0.142. The molecule has 2 atom stereocenters. The number of nitrogens with one attached hydrogen (secondary N) is 2.